The normalized spacial score (nSPS) is 10.9. The topological polar surface area (TPSA) is 30.0 Å². The Bertz CT molecular complexity index is 1020. The van der Waals surface area contributed by atoms with E-state index in [2.05, 4.69) is 35.3 Å². The Hall–Kier alpha value is -2.08. The predicted molar refractivity (Wildman–Crippen MR) is 118 cm³/mol. The van der Waals surface area contributed by atoms with Crippen LogP contribution in [-0.2, 0) is 0 Å². The van der Waals surface area contributed by atoms with Crippen LogP contribution >= 0.6 is 34.0 Å². The van der Waals surface area contributed by atoms with E-state index in [1.807, 2.05) is 44.2 Å². The fraction of sp³-hybridized carbons (Fsp3) is 0.143. The Morgan fingerprint density at radius 3 is 2.35 bits per heavy atom. The second-order valence-corrected chi connectivity index (χ2v) is 8.54. The molecule has 0 aliphatic carbocycles. The molecule has 3 aromatic heterocycles. The number of para-hydroxylation sites is 1. The van der Waals surface area contributed by atoms with E-state index >= 15 is 0 Å². The molecule has 2 nitrogen and oxygen atoms in total. The lowest BCUT2D eigenvalue weighted by molar-refractivity contribution is 0.102. The van der Waals surface area contributed by atoms with Gasteiger partial charge in [0.15, 0.2) is 5.78 Å². The van der Waals surface area contributed by atoms with E-state index in [0.29, 0.717) is 0 Å². The van der Waals surface area contributed by atoms with Gasteiger partial charge in [-0.05, 0) is 55.5 Å². The number of rotatable bonds is 4. The summed E-state index contributed by atoms with van der Waals surface area (Å²) >= 11 is 4.98. The van der Waals surface area contributed by atoms with Crippen LogP contribution in [0.25, 0.3) is 32.1 Å². The zero-order valence-electron chi connectivity index (χ0n) is 14.9. The summed E-state index contributed by atoms with van der Waals surface area (Å²) in [6, 6.07) is 16.3. The number of nitrogens with zero attached hydrogens (tertiary/aromatic N) is 1. The van der Waals surface area contributed by atoms with Crippen LogP contribution in [0.1, 0.15) is 40.3 Å². The van der Waals surface area contributed by atoms with Gasteiger partial charge < -0.3 is 0 Å². The summed E-state index contributed by atoms with van der Waals surface area (Å²) in [7, 11) is 0. The van der Waals surface area contributed by atoms with Crippen molar-refractivity contribution in [3.05, 3.63) is 63.3 Å². The lowest BCUT2D eigenvalue weighted by Crippen LogP contribution is -1.83. The van der Waals surface area contributed by atoms with Crippen molar-refractivity contribution in [3.8, 4) is 9.75 Å². The van der Waals surface area contributed by atoms with Gasteiger partial charge in [-0.25, -0.2) is 4.98 Å². The van der Waals surface area contributed by atoms with Crippen LogP contribution < -0.4 is 0 Å². The molecule has 26 heavy (non-hydrogen) atoms. The summed E-state index contributed by atoms with van der Waals surface area (Å²) < 4.78 is 1.21. The summed E-state index contributed by atoms with van der Waals surface area (Å²) in [5.74, 6) is 0.124. The first kappa shape index (κ1) is 18.7. The van der Waals surface area contributed by atoms with Crippen molar-refractivity contribution in [1.29, 1.82) is 0 Å². The molecule has 0 fully saturated rings. The number of carbonyl (C=O) groups is 1. The molecule has 0 radical (unpaired) electrons. The number of thiophene rings is 2. The highest BCUT2D eigenvalue weighted by Crippen LogP contribution is 2.34. The number of thiazole rings is 1. The number of Topliss-reactive ketones (excluding diaryl/α,β-unsaturated/α-hetero) is 1. The highest BCUT2D eigenvalue weighted by atomic mass is 32.1. The summed E-state index contributed by atoms with van der Waals surface area (Å²) in [5, 5.41) is 1.01. The first-order valence-corrected chi connectivity index (χ1v) is 10.9. The Morgan fingerprint density at radius 2 is 1.62 bits per heavy atom. The van der Waals surface area contributed by atoms with E-state index in [9.17, 15) is 4.79 Å². The molecular formula is C21H19NOS3. The maximum Gasteiger partial charge on any atom is 0.169 e. The molecular weight excluding hydrogens is 378 g/mol. The van der Waals surface area contributed by atoms with Crippen LogP contribution in [0, 0.1) is 0 Å². The van der Waals surface area contributed by atoms with E-state index < -0.39 is 0 Å². The minimum absolute atomic E-state index is 0.124. The Kier molecular flexibility index (Phi) is 6.14. The van der Waals surface area contributed by atoms with Gasteiger partial charge in [0.2, 0.25) is 0 Å². The minimum Gasteiger partial charge on any atom is -0.294 e. The highest BCUT2D eigenvalue weighted by Gasteiger charge is 2.08. The zero-order valence-corrected chi connectivity index (χ0v) is 17.3. The molecule has 0 saturated carbocycles. The number of fused-ring (bicyclic) bond motifs is 1. The average Bonchev–Trinajstić information content (AvgIpc) is 3.39. The van der Waals surface area contributed by atoms with Crippen LogP contribution in [0.2, 0.25) is 0 Å². The number of aromatic nitrogens is 1. The Morgan fingerprint density at radius 1 is 0.885 bits per heavy atom. The standard InChI is InChI=1S/C19H13NOS3.C2H6/c1-12(21)15-9-10-18(23-15)17-8-6-13(22-17)7-11-19-20-14-4-2-3-5-16(14)24-19;1-2/h2-11H,1H3;1-2H3/b11-7+;. The van der Waals surface area contributed by atoms with Crippen molar-refractivity contribution >= 4 is 62.2 Å². The third-order valence-electron chi connectivity index (χ3n) is 3.52. The molecule has 0 aliphatic heterocycles. The van der Waals surface area contributed by atoms with Gasteiger partial charge in [0.1, 0.15) is 5.01 Å². The van der Waals surface area contributed by atoms with Crippen LogP contribution in [0.15, 0.2) is 48.5 Å². The van der Waals surface area contributed by atoms with Crippen molar-refractivity contribution in [3.63, 3.8) is 0 Å². The number of hydrogen-bond acceptors (Lipinski definition) is 5. The van der Waals surface area contributed by atoms with Crippen LogP contribution in [0.3, 0.4) is 0 Å². The molecule has 0 saturated heterocycles. The van der Waals surface area contributed by atoms with Gasteiger partial charge in [0.25, 0.3) is 0 Å². The monoisotopic (exact) mass is 397 g/mol. The maximum atomic E-state index is 11.4. The Labute approximate surface area is 165 Å². The van der Waals surface area contributed by atoms with Crippen molar-refractivity contribution in [2.45, 2.75) is 20.8 Å². The fourth-order valence-electron chi connectivity index (χ4n) is 2.35. The lowest BCUT2D eigenvalue weighted by Gasteiger charge is -1.89. The van der Waals surface area contributed by atoms with Crippen LogP contribution in [0.4, 0.5) is 0 Å². The van der Waals surface area contributed by atoms with E-state index in [4.69, 9.17) is 0 Å². The second-order valence-electron chi connectivity index (χ2n) is 5.28. The van der Waals surface area contributed by atoms with Crippen LogP contribution in [0.5, 0.6) is 0 Å². The van der Waals surface area contributed by atoms with Gasteiger partial charge in [0.05, 0.1) is 15.1 Å². The quantitative estimate of drug-likeness (QED) is 0.334. The van der Waals surface area contributed by atoms with E-state index in [-0.39, 0.29) is 5.78 Å². The molecule has 3 heterocycles. The summed E-state index contributed by atoms with van der Waals surface area (Å²) in [6.07, 6.45) is 4.17. The predicted octanol–water partition coefficient (Wildman–Crippen LogP) is 7.49. The van der Waals surface area contributed by atoms with E-state index in [0.717, 1.165) is 20.3 Å². The van der Waals surface area contributed by atoms with E-state index in [1.54, 1.807) is 40.9 Å². The van der Waals surface area contributed by atoms with Crippen molar-refractivity contribution in [1.82, 2.24) is 4.98 Å². The van der Waals surface area contributed by atoms with Gasteiger partial charge in [-0.3, -0.25) is 4.79 Å². The van der Waals surface area contributed by atoms with Gasteiger partial charge >= 0.3 is 0 Å². The lowest BCUT2D eigenvalue weighted by atomic mass is 10.3. The zero-order chi connectivity index (χ0) is 18.5. The summed E-state index contributed by atoms with van der Waals surface area (Å²) in [6.45, 7) is 5.61. The van der Waals surface area contributed by atoms with Gasteiger partial charge in [-0.15, -0.1) is 34.0 Å². The fourth-order valence-corrected chi connectivity index (χ4v) is 5.12. The summed E-state index contributed by atoms with van der Waals surface area (Å²) in [5.41, 5.74) is 1.05. The first-order valence-electron chi connectivity index (χ1n) is 8.44. The maximum absolute atomic E-state index is 11.4. The number of hydrogen-bond donors (Lipinski definition) is 0. The molecule has 0 atom stereocenters. The molecule has 0 spiro atoms. The van der Waals surface area contributed by atoms with Gasteiger partial charge in [0, 0.05) is 14.6 Å². The van der Waals surface area contributed by atoms with Crippen molar-refractivity contribution in [2.24, 2.45) is 0 Å². The van der Waals surface area contributed by atoms with Gasteiger partial charge in [-0.1, -0.05) is 26.0 Å². The smallest absolute Gasteiger partial charge is 0.169 e. The molecule has 0 amide bonds. The molecule has 132 valence electrons. The third kappa shape index (κ3) is 4.18. The molecule has 1 aromatic carbocycles. The second kappa shape index (κ2) is 8.54. The van der Waals surface area contributed by atoms with Crippen molar-refractivity contribution < 1.29 is 4.79 Å². The third-order valence-corrected chi connectivity index (χ3v) is 6.96. The molecule has 0 aliphatic rings. The molecule has 4 aromatic rings. The first-order chi connectivity index (χ1) is 12.7. The van der Waals surface area contributed by atoms with Crippen LogP contribution in [-0.4, -0.2) is 10.8 Å². The SMILES string of the molecule is CC.CC(=O)c1ccc(-c2ccc(/C=C/c3nc4ccccc4s3)s2)s1. The number of carbonyl (C=O) groups excluding carboxylic acids is 1. The van der Waals surface area contributed by atoms with Gasteiger partial charge in [-0.2, -0.15) is 0 Å². The molecule has 0 N–H and O–H groups in total. The largest absolute Gasteiger partial charge is 0.294 e. The highest BCUT2D eigenvalue weighted by molar-refractivity contribution is 7.23. The minimum atomic E-state index is 0.124. The molecule has 0 bridgehead atoms. The number of ketones is 1. The Balaban J connectivity index is 0.000000948. The van der Waals surface area contributed by atoms with E-state index in [1.165, 1.54) is 14.5 Å². The molecule has 5 heteroatoms. The molecule has 0 unspecified atom stereocenters. The summed E-state index contributed by atoms with van der Waals surface area (Å²) in [4.78, 5) is 20.4. The number of benzene rings is 1. The average molecular weight is 398 g/mol. The van der Waals surface area contributed by atoms with Crippen molar-refractivity contribution in [2.75, 3.05) is 0 Å². The molecule has 4 rings (SSSR count).